The molecule has 108 valence electrons. The molecule has 0 saturated carbocycles. The summed E-state index contributed by atoms with van der Waals surface area (Å²) >= 11 is 4.98. The molecule has 1 aliphatic rings. The molecule has 0 atom stereocenters. The molecule has 0 spiro atoms. The van der Waals surface area contributed by atoms with E-state index in [1.165, 1.54) is 4.90 Å². The zero-order valence-electron chi connectivity index (χ0n) is 11.4. The molecule has 4 nitrogen and oxygen atoms in total. The van der Waals surface area contributed by atoms with Crippen molar-refractivity contribution < 1.29 is 9.59 Å². The molecular formula is C15H13BrN2O2S. The highest BCUT2D eigenvalue weighted by Gasteiger charge is 2.36. The first kappa shape index (κ1) is 14.4. The third-order valence-electron chi connectivity index (χ3n) is 3.32. The molecule has 0 bridgehead atoms. The summed E-state index contributed by atoms with van der Waals surface area (Å²) in [6, 6.07) is 5.26. The Labute approximate surface area is 134 Å². The molecule has 21 heavy (non-hydrogen) atoms. The van der Waals surface area contributed by atoms with Crippen LogP contribution < -0.4 is 4.90 Å². The molecule has 1 aromatic carbocycles. The number of carbonyl (C=O) groups is 2. The van der Waals surface area contributed by atoms with Crippen molar-refractivity contribution >= 4 is 44.6 Å². The smallest absolute Gasteiger partial charge is 0.299 e. The Balaban J connectivity index is 1.90. The number of hydrogen-bond donors (Lipinski definition) is 0. The van der Waals surface area contributed by atoms with Gasteiger partial charge in [-0.25, -0.2) is 4.98 Å². The standard InChI is InChI=1S/C15H13BrN2O2S/c1-2-3-13-17-10(8-21-13)7-18-12-6-9(16)4-5-11(12)14(19)15(18)20/h4-6,8H,2-3,7H2,1H3. The van der Waals surface area contributed by atoms with E-state index in [0.717, 1.165) is 28.0 Å². The molecule has 3 rings (SSSR count). The molecule has 0 aliphatic carbocycles. The number of carbonyl (C=O) groups excluding carboxylic acids is 2. The van der Waals surface area contributed by atoms with E-state index < -0.39 is 11.7 Å². The lowest BCUT2D eigenvalue weighted by Gasteiger charge is -2.15. The highest BCUT2D eigenvalue weighted by atomic mass is 79.9. The minimum Gasteiger partial charge on any atom is -0.299 e. The molecule has 0 saturated heterocycles. The monoisotopic (exact) mass is 364 g/mol. The lowest BCUT2D eigenvalue weighted by molar-refractivity contribution is -0.114. The zero-order chi connectivity index (χ0) is 15.0. The first-order valence-corrected chi connectivity index (χ1v) is 8.36. The van der Waals surface area contributed by atoms with Crippen LogP contribution in [0.25, 0.3) is 0 Å². The molecular weight excluding hydrogens is 352 g/mol. The fourth-order valence-electron chi connectivity index (χ4n) is 2.34. The van der Waals surface area contributed by atoms with Gasteiger partial charge < -0.3 is 0 Å². The van der Waals surface area contributed by atoms with Gasteiger partial charge in [0.05, 0.1) is 28.5 Å². The van der Waals surface area contributed by atoms with Crippen molar-refractivity contribution in [3.8, 4) is 0 Å². The van der Waals surface area contributed by atoms with E-state index in [4.69, 9.17) is 0 Å². The van der Waals surface area contributed by atoms with Crippen molar-refractivity contribution in [2.24, 2.45) is 0 Å². The number of halogens is 1. The Morgan fingerprint density at radius 2 is 2.14 bits per heavy atom. The van der Waals surface area contributed by atoms with Crippen molar-refractivity contribution in [1.82, 2.24) is 4.98 Å². The minimum absolute atomic E-state index is 0.342. The summed E-state index contributed by atoms with van der Waals surface area (Å²) in [5.74, 6) is -0.922. The molecule has 1 aromatic heterocycles. The molecule has 1 amide bonds. The second-order valence-electron chi connectivity index (χ2n) is 4.86. The maximum Gasteiger partial charge on any atom is 0.299 e. The number of fused-ring (bicyclic) bond motifs is 1. The number of ketones is 1. The minimum atomic E-state index is -0.479. The van der Waals surface area contributed by atoms with Gasteiger partial charge in [0.1, 0.15) is 0 Å². The third-order valence-corrected chi connectivity index (χ3v) is 4.77. The second-order valence-corrected chi connectivity index (χ2v) is 6.72. The van der Waals surface area contributed by atoms with E-state index in [-0.39, 0.29) is 0 Å². The fourth-order valence-corrected chi connectivity index (χ4v) is 3.58. The highest BCUT2D eigenvalue weighted by Crippen LogP contribution is 2.33. The zero-order valence-corrected chi connectivity index (χ0v) is 13.8. The number of benzene rings is 1. The van der Waals surface area contributed by atoms with Crippen LogP contribution in [0.2, 0.25) is 0 Å². The number of amides is 1. The van der Waals surface area contributed by atoms with Crippen molar-refractivity contribution in [3.05, 3.63) is 44.3 Å². The van der Waals surface area contributed by atoms with Crippen LogP contribution in [-0.4, -0.2) is 16.7 Å². The van der Waals surface area contributed by atoms with Gasteiger partial charge in [0, 0.05) is 9.85 Å². The lowest BCUT2D eigenvalue weighted by atomic mass is 10.1. The summed E-state index contributed by atoms with van der Waals surface area (Å²) in [5, 5.41) is 3.03. The van der Waals surface area contributed by atoms with Crippen LogP contribution in [-0.2, 0) is 17.8 Å². The van der Waals surface area contributed by atoms with Gasteiger partial charge in [0.15, 0.2) is 0 Å². The average molecular weight is 365 g/mol. The number of anilines is 1. The lowest BCUT2D eigenvalue weighted by Crippen LogP contribution is -2.29. The molecule has 0 radical (unpaired) electrons. The van der Waals surface area contributed by atoms with Gasteiger partial charge in [-0.2, -0.15) is 0 Å². The van der Waals surface area contributed by atoms with Gasteiger partial charge in [-0.1, -0.05) is 22.9 Å². The Bertz CT molecular complexity index is 726. The number of hydrogen-bond acceptors (Lipinski definition) is 4. The van der Waals surface area contributed by atoms with E-state index in [1.807, 2.05) is 5.38 Å². The maximum atomic E-state index is 12.1. The number of rotatable bonds is 4. The summed E-state index contributed by atoms with van der Waals surface area (Å²) in [5.41, 5.74) is 1.95. The Morgan fingerprint density at radius 3 is 2.90 bits per heavy atom. The van der Waals surface area contributed by atoms with Gasteiger partial charge in [0.2, 0.25) is 0 Å². The van der Waals surface area contributed by atoms with Gasteiger partial charge >= 0.3 is 0 Å². The molecule has 2 aromatic rings. The summed E-state index contributed by atoms with van der Waals surface area (Å²) in [6.45, 7) is 2.45. The van der Waals surface area contributed by atoms with Gasteiger partial charge in [-0.15, -0.1) is 11.3 Å². The van der Waals surface area contributed by atoms with Gasteiger partial charge in [0.25, 0.3) is 11.7 Å². The van der Waals surface area contributed by atoms with Crippen LogP contribution in [0.15, 0.2) is 28.1 Å². The number of aryl methyl sites for hydroxylation is 1. The molecule has 0 unspecified atom stereocenters. The van der Waals surface area contributed by atoms with Crippen LogP contribution in [0.3, 0.4) is 0 Å². The number of thiazole rings is 1. The average Bonchev–Trinajstić information content (AvgIpc) is 2.99. The van der Waals surface area contributed by atoms with E-state index in [2.05, 4.69) is 27.8 Å². The summed E-state index contributed by atoms with van der Waals surface area (Å²) in [4.78, 5) is 30.2. The number of nitrogens with zero attached hydrogens (tertiary/aromatic N) is 2. The Hall–Kier alpha value is -1.53. The molecule has 0 N–H and O–H groups in total. The van der Waals surface area contributed by atoms with E-state index in [9.17, 15) is 9.59 Å². The quantitative estimate of drug-likeness (QED) is 0.778. The summed E-state index contributed by atoms with van der Waals surface area (Å²) in [6.07, 6.45) is 1.99. The molecule has 2 heterocycles. The van der Waals surface area contributed by atoms with Crippen molar-refractivity contribution in [1.29, 1.82) is 0 Å². The second kappa shape index (κ2) is 5.69. The van der Waals surface area contributed by atoms with Crippen LogP contribution in [0.1, 0.15) is 34.4 Å². The maximum absolute atomic E-state index is 12.1. The van der Waals surface area contributed by atoms with Crippen molar-refractivity contribution in [3.63, 3.8) is 0 Å². The third kappa shape index (κ3) is 2.65. The summed E-state index contributed by atoms with van der Waals surface area (Å²) < 4.78 is 0.846. The van der Waals surface area contributed by atoms with Gasteiger partial charge in [-0.3, -0.25) is 14.5 Å². The van der Waals surface area contributed by atoms with E-state index >= 15 is 0 Å². The fraction of sp³-hybridized carbons (Fsp3) is 0.267. The predicted octanol–water partition coefficient (Wildman–Crippen LogP) is 3.59. The van der Waals surface area contributed by atoms with E-state index in [1.54, 1.807) is 29.5 Å². The molecule has 1 aliphatic heterocycles. The van der Waals surface area contributed by atoms with Crippen molar-refractivity contribution in [2.45, 2.75) is 26.3 Å². The number of Topliss-reactive ketones (excluding diaryl/α,β-unsaturated/α-hetero) is 1. The Kier molecular flexibility index (Phi) is 3.91. The van der Waals surface area contributed by atoms with Crippen molar-refractivity contribution in [2.75, 3.05) is 4.90 Å². The normalized spacial score (nSPS) is 13.9. The number of aromatic nitrogens is 1. The highest BCUT2D eigenvalue weighted by molar-refractivity contribution is 9.10. The molecule has 6 heteroatoms. The largest absolute Gasteiger partial charge is 0.299 e. The first-order chi connectivity index (χ1) is 10.1. The van der Waals surface area contributed by atoms with Crippen LogP contribution in [0.4, 0.5) is 5.69 Å². The SMILES string of the molecule is CCCc1nc(CN2C(=O)C(=O)c3ccc(Br)cc32)cs1. The van der Waals surface area contributed by atoms with E-state index in [0.29, 0.717) is 17.8 Å². The topological polar surface area (TPSA) is 50.3 Å². The van der Waals surface area contributed by atoms with Crippen LogP contribution in [0.5, 0.6) is 0 Å². The molecule has 0 fully saturated rings. The first-order valence-electron chi connectivity index (χ1n) is 6.69. The van der Waals surface area contributed by atoms with Gasteiger partial charge in [-0.05, 0) is 31.0 Å². The Morgan fingerprint density at radius 1 is 1.33 bits per heavy atom. The van der Waals surface area contributed by atoms with Crippen LogP contribution in [0, 0.1) is 0 Å². The van der Waals surface area contributed by atoms with Crippen LogP contribution >= 0.6 is 27.3 Å². The predicted molar refractivity (Wildman–Crippen MR) is 85.8 cm³/mol. The summed E-state index contributed by atoms with van der Waals surface area (Å²) in [7, 11) is 0.